The molecule has 0 aliphatic heterocycles. The molecule has 6 heteroatoms. The fraction of sp³-hybridized carbons (Fsp3) is 0. The summed E-state index contributed by atoms with van der Waals surface area (Å²) in [5.41, 5.74) is 9.36. The summed E-state index contributed by atoms with van der Waals surface area (Å²) in [6.45, 7) is 0. The number of hydrogen-bond acceptors (Lipinski definition) is 5. The van der Waals surface area contributed by atoms with Crippen LogP contribution in [0.5, 0.6) is 0 Å². The lowest BCUT2D eigenvalue weighted by atomic mass is 9.99. The van der Waals surface area contributed by atoms with Gasteiger partial charge in [0, 0.05) is 43.4 Å². The predicted molar refractivity (Wildman–Crippen MR) is 205 cm³/mol. The van der Waals surface area contributed by atoms with Crippen molar-refractivity contribution in [3.8, 4) is 39.9 Å². The van der Waals surface area contributed by atoms with Crippen LogP contribution < -0.4 is 0 Å². The quantitative estimate of drug-likeness (QED) is 0.189. The van der Waals surface area contributed by atoms with Crippen molar-refractivity contribution in [3.63, 3.8) is 0 Å². The van der Waals surface area contributed by atoms with Gasteiger partial charge in [-0.3, -0.25) is 4.57 Å². The minimum Gasteiger partial charge on any atom is -0.456 e. The predicted octanol–water partition coefficient (Wildman–Crippen LogP) is 11.8. The number of hydrogen-bond donors (Lipinski definition) is 0. The molecule has 4 heterocycles. The Hall–Kier alpha value is -7.05. The molecule has 0 N–H and O–H groups in total. The molecule has 0 amide bonds. The first-order chi connectivity index (χ1) is 25.3. The Balaban J connectivity index is 1.16. The third kappa shape index (κ3) is 4.26. The molecule has 7 aromatic carbocycles. The lowest BCUT2D eigenvalue weighted by molar-refractivity contribution is 0.669. The molecule has 238 valence electrons. The summed E-state index contributed by atoms with van der Waals surface area (Å²) in [4.78, 5) is 15.4. The van der Waals surface area contributed by atoms with Crippen LogP contribution in [0.2, 0.25) is 0 Å². The zero-order chi connectivity index (χ0) is 33.5. The standard InChI is InChI=1S/C45H26N4O2/c1-3-12-27(13-4-1)30-18-11-21-39-42(30)33-23-22-29(24-40(33)51-39)44-46-43(28-14-5-2-6-15-28)47-45(48-44)49-36-19-9-7-16-31(36)34-26-41-35(25-37(34)49)32-17-8-10-20-38(32)50-41/h1-26H. The van der Waals surface area contributed by atoms with E-state index in [9.17, 15) is 0 Å². The first-order valence-corrected chi connectivity index (χ1v) is 16.9. The van der Waals surface area contributed by atoms with Crippen LogP contribution in [0.3, 0.4) is 0 Å². The number of fused-ring (bicyclic) bond motifs is 9. The minimum atomic E-state index is 0.535. The van der Waals surface area contributed by atoms with E-state index in [0.717, 1.165) is 87.9 Å². The third-order valence-corrected chi connectivity index (χ3v) is 9.87. The maximum atomic E-state index is 6.49. The van der Waals surface area contributed by atoms with E-state index >= 15 is 0 Å². The minimum absolute atomic E-state index is 0.535. The van der Waals surface area contributed by atoms with Gasteiger partial charge in [-0.25, -0.2) is 4.98 Å². The zero-order valence-electron chi connectivity index (χ0n) is 27.1. The van der Waals surface area contributed by atoms with Crippen molar-refractivity contribution >= 4 is 65.7 Å². The molecule has 0 radical (unpaired) electrons. The second kappa shape index (κ2) is 10.7. The first-order valence-electron chi connectivity index (χ1n) is 16.9. The van der Waals surface area contributed by atoms with E-state index in [-0.39, 0.29) is 0 Å². The van der Waals surface area contributed by atoms with Crippen molar-refractivity contribution in [2.75, 3.05) is 0 Å². The van der Waals surface area contributed by atoms with Gasteiger partial charge in [-0.05, 0) is 53.6 Å². The molecule has 0 saturated carbocycles. The van der Waals surface area contributed by atoms with Gasteiger partial charge in [0.05, 0.1) is 11.0 Å². The number of benzene rings is 7. The highest BCUT2D eigenvalue weighted by molar-refractivity contribution is 6.17. The molecule has 0 aliphatic carbocycles. The fourth-order valence-electron chi connectivity index (χ4n) is 7.54. The van der Waals surface area contributed by atoms with Gasteiger partial charge in [-0.1, -0.05) is 115 Å². The molecule has 0 fully saturated rings. The molecule has 0 spiro atoms. The van der Waals surface area contributed by atoms with Gasteiger partial charge >= 0.3 is 0 Å². The summed E-state index contributed by atoms with van der Waals surface area (Å²) in [6, 6.07) is 53.9. The Bertz CT molecular complexity index is 3140. The van der Waals surface area contributed by atoms with Crippen molar-refractivity contribution in [1.82, 2.24) is 19.5 Å². The van der Waals surface area contributed by atoms with Gasteiger partial charge in [0.25, 0.3) is 0 Å². The highest BCUT2D eigenvalue weighted by Gasteiger charge is 2.21. The Kier molecular flexibility index (Phi) is 5.86. The van der Waals surface area contributed by atoms with Gasteiger partial charge in [0.2, 0.25) is 5.95 Å². The molecule has 4 aromatic heterocycles. The van der Waals surface area contributed by atoms with Crippen LogP contribution >= 0.6 is 0 Å². The molecule has 0 bridgehead atoms. The van der Waals surface area contributed by atoms with E-state index in [1.165, 1.54) is 0 Å². The smallest absolute Gasteiger partial charge is 0.238 e. The number of aromatic nitrogens is 4. The summed E-state index contributed by atoms with van der Waals surface area (Å²) in [5.74, 6) is 1.69. The van der Waals surface area contributed by atoms with Crippen LogP contribution in [0.25, 0.3) is 106 Å². The van der Waals surface area contributed by atoms with Crippen LogP contribution in [0, 0.1) is 0 Å². The molecular weight excluding hydrogens is 629 g/mol. The maximum absolute atomic E-state index is 6.49. The molecule has 0 atom stereocenters. The van der Waals surface area contributed by atoms with Crippen LogP contribution in [0.1, 0.15) is 0 Å². The van der Waals surface area contributed by atoms with Gasteiger partial charge < -0.3 is 8.83 Å². The maximum Gasteiger partial charge on any atom is 0.238 e. The molecule has 11 aromatic rings. The SMILES string of the molecule is c1ccc(-c2nc(-c3ccc4c(c3)oc3cccc(-c5ccccc5)c34)nc(-n3c4ccccc4c4cc5oc6ccccc6c5cc43)n2)cc1. The number of nitrogens with zero attached hydrogens (tertiary/aromatic N) is 4. The van der Waals surface area contributed by atoms with E-state index in [0.29, 0.717) is 17.6 Å². The monoisotopic (exact) mass is 654 g/mol. The van der Waals surface area contributed by atoms with Crippen molar-refractivity contribution < 1.29 is 8.83 Å². The second-order valence-corrected chi connectivity index (χ2v) is 12.8. The summed E-state index contributed by atoms with van der Waals surface area (Å²) in [6.07, 6.45) is 0. The second-order valence-electron chi connectivity index (χ2n) is 12.8. The number of rotatable bonds is 4. The molecule has 11 rings (SSSR count). The van der Waals surface area contributed by atoms with Crippen molar-refractivity contribution in [1.29, 1.82) is 0 Å². The lowest BCUT2D eigenvalue weighted by Gasteiger charge is -2.11. The van der Waals surface area contributed by atoms with Crippen molar-refractivity contribution in [2.45, 2.75) is 0 Å². The Labute approximate surface area is 290 Å². The number of furan rings is 2. The molecule has 0 saturated heterocycles. The van der Waals surface area contributed by atoms with Gasteiger partial charge in [0.15, 0.2) is 11.6 Å². The Morgan fingerprint density at radius 2 is 1.04 bits per heavy atom. The topological polar surface area (TPSA) is 69.9 Å². The fourth-order valence-corrected chi connectivity index (χ4v) is 7.54. The molecule has 51 heavy (non-hydrogen) atoms. The highest BCUT2D eigenvalue weighted by atomic mass is 16.3. The zero-order valence-corrected chi connectivity index (χ0v) is 27.1. The normalized spacial score (nSPS) is 11.9. The van der Waals surface area contributed by atoms with Gasteiger partial charge in [-0.2, -0.15) is 9.97 Å². The summed E-state index contributed by atoms with van der Waals surface area (Å²) < 4.78 is 14.9. The van der Waals surface area contributed by atoms with E-state index < -0.39 is 0 Å². The molecular formula is C45H26N4O2. The van der Waals surface area contributed by atoms with E-state index in [4.69, 9.17) is 23.8 Å². The van der Waals surface area contributed by atoms with Crippen molar-refractivity contribution in [2.24, 2.45) is 0 Å². The summed E-state index contributed by atoms with van der Waals surface area (Å²) >= 11 is 0. The average Bonchev–Trinajstić information content (AvgIpc) is 3.86. The molecule has 6 nitrogen and oxygen atoms in total. The van der Waals surface area contributed by atoms with Gasteiger partial charge in [-0.15, -0.1) is 0 Å². The van der Waals surface area contributed by atoms with Crippen LogP contribution in [-0.2, 0) is 0 Å². The summed E-state index contributed by atoms with van der Waals surface area (Å²) in [7, 11) is 0. The lowest BCUT2D eigenvalue weighted by Crippen LogP contribution is -2.06. The summed E-state index contributed by atoms with van der Waals surface area (Å²) in [5, 5.41) is 6.42. The molecule has 0 unspecified atom stereocenters. The van der Waals surface area contributed by atoms with Crippen molar-refractivity contribution in [3.05, 3.63) is 158 Å². The van der Waals surface area contributed by atoms with Gasteiger partial charge in [0.1, 0.15) is 22.3 Å². The van der Waals surface area contributed by atoms with Crippen LogP contribution in [0.4, 0.5) is 0 Å². The van der Waals surface area contributed by atoms with Crippen LogP contribution in [-0.4, -0.2) is 19.5 Å². The Morgan fingerprint density at radius 1 is 0.373 bits per heavy atom. The number of para-hydroxylation sites is 2. The Morgan fingerprint density at radius 3 is 1.88 bits per heavy atom. The van der Waals surface area contributed by atoms with E-state index in [1.807, 2.05) is 72.8 Å². The third-order valence-electron chi connectivity index (χ3n) is 9.87. The molecule has 0 aliphatic rings. The van der Waals surface area contributed by atoms with E-state index in [1.54, 1.807) is 0 Å². The van der Waals surface area contributed by atoms with Crippen LogP contribution in [0.15, 0.2) is 167 Å². The highest BCUT2D eigenvalue weighted by Crippen LogP contribution is 2.40. The first kappa shape index (κ1) is 27.9. The average molecular weight is 655 g/mol. The van der Waals surface area contributed by atoms with E-state index in [2.05, 4.69) is 89.5 Å². The largest absolute Gasteiger partial charge is 0.456 e.